The maximum atomic E-state index is 5.59. The Morgan fingerprint density at radius 2 is 1.21 bits per heavy atom. The Kier molecular flexibility index (Phi) is 7.24. The minimum absolute atomic E-state index is 0. The molecule has 2 rings (SSSR count). The van der Waals surface area contributed by atoms with Crippen LogP contribution >= 0.6 is 12.4 Å². The molecular formula is C17H22ClN. The lowest BCUT2D eigenvalue weighted by molar-refractivity contribution is 0.632. The molecule has 0 aliphatic rings. The van der Waals surface area contributed by atoms with Crippen LogP contribution in [0.3, 0.4) is 0 Å². The van der Waals surface area contributed by atoms with Gasteiger partial charge in [-0.05, 0) is 30.5 Å². The highest BCUT2D eigenvalue weighted by Gasteiger charge is 2.12. The van der Waals surface area contributed by atoms with Gasteiger partial charge in [0.1, 0.15) is 0 Å². The van der Waals surface area contributed by atoms with Crippen molar-refractivity contribution in [2.75, 3.05) is 6.54 Å². The maximum Gasteiger partial charge on any atom is 0.00893 e. The number of hydrogen-bond donors (Lipinski definition) is 1. The molecule has 0 spiro atoms. The van der Waals surface area contributed by atoms with Crippen LogP contribution in [0.2, 0.25) is 0 Å². The van der Waals surface area contributed by atoms with Crippen molar-refractivity contribution in [1.29, 1.82) is 0 Å². The number of halogens is 1. The zero-order chi connectivity index (χ0) is 12.6. The fraction of sp³-hybridized carbons (Fsp3) is 0.294. The third-order valence-corrected chi connectivity index (χ3v) is 3.35. The Labute approximate surface area is 122 Å². The topological polar surface area (TPSA) is 26.0 Å². The first kappa shape index (κ1) is 15.7. The molecule has 0 unspecified atom stereocenters. The van der Waals surface area contributed by atoms with Gasteiger partial charge in [-0.1, -0.05) is 67.1 Å². The van der Waals surface area contributed by atoms with Crippen LogP contribution in [-0.4, -0.2) is 6.54 Å². The second-order valence-electron chi connectivity index (χ2n) is 4.66. The van der Waals surface area contributed by atoms with Crippen molar-refractivity contribution >= 4 is 12.4 Å². The van der Waals surface area contributed by atoms with E-state index in [-0.39, 0.29) is 12.4 Å². The fourth-order valence-corrected chi connectivity index (χ4v) is 2.39. The van der Waals surface area contributed by atoms with Gasteiger partial charge in [-0.15, -0.1) is 12.4 Å². The van der Waals surface area contributed by atoms with E-state index in [2.05, 4.69) is 60.7 Å². The Hall–Kier alpha value is -1.31. The highest BCUT2D eigenvalue weighted by molar-refractivity contribution is 5.85. The van der Waals surface area contributed by atoms with E-state index in [4.69, 9.17) is 5.73 Å². The zero-order valence-corrected chi connectivity index (χ0v) is 12.0. The van der Waals surface area contributed by atoms with Crippen LogP contribution in [0.5, 0.6) is 0 Å². The molecule has 0 amide bonds. The summed E-state index contributed by atoms with van der Waals surface area (Å²) in [7, 11) is 0. The first-order chi connectivity index (χ1) is 8.92. The largest absolute Gasteiger partial charge is 0.330 e. The van der Waals surface area contributed by atoms with E-state index in [0.717, 1.165) is 13.0 Å². The first-order valence-corrected chi connectivity index (χ1v) is 6.72. The van der Waals surface area contributed by atoms with Gasteiger partial charge in [0.2, 0.25) is 0 Å². The lowest BCUT2D eigenvalue weighted by Crippen LogP contribution is -2.04. The lowest BCUT2D eigenvalue weighted by atomic mass is 9.87. The number of nitrogens with two attached hydrogens (primary N) is 1. The van der Waals surface area contributed by atoms with Crippen LogP contribution in [0.1, 0.15) is 36.3 Å². The van der Waals surface area contributed by atoms with E-state index < -0.39 is 0 Å². The van der Waals surface area contributed by atoms with Gasteiger partial charge in [0.25, 0.3) is 0 Å². The van der Waals surface area contributed by atoms with Crippen molar-refractivity contribution < 1.29 is 0 Å². The number of hydrogen-bond acceptors (Lipinski definition) is 1. The summed E-state index contributed by atoms with van der Waals surface area (Å²) >= 11 is 0. The van der Waals surface area contributed by atoms with E-state index in [1.54, 1.807) is 0 Å². The third kappa shape index (κ3) is 4.70. The minimum atomic E-state index is 0. The summed E-state index contributed by atoms with van der Waals surface area (Å²) in [5, 5.41) is 0. The molecule has 2 aromatic carbocycles. The Bertz CT molecular complexity index is 402. The summed E-state index contributed by atoms with van der Waals surface area (Å²) in [5.41, 5.74) is 8.40. The zero-order valence-electron chi connectivity index (χ0n) is 11.2. The van der Waals surface area contributed by atoms with Crippen LogP contribution in [0, 0.1) is 0 Å². The van der Waals surface area contributed by atoms with Crippen LogP contribution < -0.4 is 5.73 Å². The number of benzene rings is 2. The molecule has 0 saturated heterocycles. The van der Waals surface area contributed by atoms with E-state index in [1.807, 2.05) is 0 Å². The normalized spacial score (nSPS) is 10.2. The molecular weight excluding hydrogens is 254 g/mol. The highest BCUT2D eigenvalue weighted by atomic mass is 35.5. The Balaban J connectivity index is 0.00000180. The molecule has 0 aliphatic carbocycles. The summed E-state index contributed by atoms with van der Waals surface area (Å²) in [6, 6.07) is 21.5. The fourth-order valence-electron chi connectivity index (χ4n) is 2.39. The molecule has 0 fully saturated rings. The Morgan fingerprint density at radius 3 is 1.63 bits per heavy atom. The molecule has 2 heteroatoms. The number of rotatable bonds is 6. The van der Waals surface area contributed by atoms with Crippen molar-refractivity contribution in [2.24, 2.45) is 5.73 Å². The van der Waals surface area contributed by atoms with Crippen molar-refractivity contribution in [3.63, 3.8) is 0 Å². The average molecular weight is 276 g/mol. The molecule has 0 bridgehead atoms. The van der Waals surface area contributed by atoms with Gasteiger partial charge in [0, 0.05) is 5.92 Å². The van der Waals surface area contributed by atoms with Gasteiger partial charge < -0.3 is 5.73 Å². The standard InChI is InChI=1S/C17H21N.ClH/c18-14-8-7-13-17(15-9-3-1-4-10-15)16-11-5-2-6-12-16;/h1-6,9-12,17H,7-8,13-14,18H2;1H. The smallest absolute Gasteiger partial charge is 0.00893 e. The second-order valence-corrected chi connectivity index (χ2v) is 4.66. The molecule has 0 aliphatic heterocycles. The molecule has 0 heterocycles. The maximum absolute atomic E-state index is 5.59. The SMILES string of the molecule is Cl.NCCCCC(c1ccccc1)c1ccccc1. The van der Waals surface area contributed by atoms with E-state index in [1.165, 1.54) is 24.0 Å². The summed E-state index contributed by atoms with van der Waals surface area (Å²) in [6.07, 6.45) is 3.46. The quantitative estimate of drug-likeness (QED) is 0.779. The summed E-state index contributed by atoms with van der Waals surface area (Å²) in [5.74, 6) is 0.499. The summed E-state index contributed by atoms with van der Waals surface area (Å²) < 4.78 is 0. The predicted octanol–water partition coefficient (Wildman–Crippen LogP) is 4.37. The van der Waals surface area contributed by atoms with Crippen molar-refractivity contribution in [1.82, 2.24) is 0 Å². The van der Waals surface area contributed by atoms with Crippen LogP contribution in [0.25, 0.3) is 0 Å². The van der Waals surface area contributed by atoms with Crippen LogP contribution in [-0.2, 0) is 0 Å². The molecule has 0 aromatic heterocycles. The molecule has 2 aromatic rings. The highest BCUT2D eigenvalue weighted by Crippen LogP contribution is 2.29. The van der Waals surface area contributed by atoms with Crippen molar-refractivity contribution in [3.05, 3.63) is 71.8 Å². The molecule has 1 nitrogen and oxygen atoms in total. The van der Waals surface area contributed by atoms with Gasteiger partial charge in [0.05, 0.1) is 0 Å². The van der Waals surface area contributed by atoms with Gasteiger partial charge in [-0.3, -0.25) is 0 Å². The van der Waals surface area contributed by atoms with Crippen LogP contribution in [0.15, 0.2) is 60.7 Å². The van der Waals surface area contributed by atoms with E-state index in [0.29, 0.717) is 5.92 Å². The summed E-state index contributed by atoms with van der Waals surface area (Å²) in [4.78, 5) is 0. The van der Waals surface area contributed by atoms with Gasteiger partial charge in [-0.25, -0.2) is 0 Å². The Morgan fingerprint density at radius 1 is 0.737 bits per heavy atom. The van der Waals surface area contributed by atoms with Crippen molar-refractivity contribution in [3.8, 4) is 0 Å². The molecule has 102 valence electrons. The summed E-state index contributed by atoms with van der Waals surface area (Å²) in [6.45, 7) is 0.788. The van der Waals surface area contributed by atoms with Crippen molar-refractivity contribution in [2.45, 2.75) is 25.2 Å². The molecule has 0 atom stereocenters. The molecule has 19 heavy (non-hydrogen) atoms. The first-order valence-electron chi connectivity index (χ1n) is 6.72. The molecule has 0 saturated carbocycles. The molecule has 2 N–H and O–H groups in total. The minimum Gasteiger partial charge on any atom is -0.330 e. The van der Waals surface area contributed by atoms with E-state index >= 15 is 0 Å². The van der Waals surface area contributed by atoms with E-state index in [9.17, 15) is 0 Å². The average Bonchev–Trinajstić information content (AvgIpc) is 2.46. The monoisotopic (exact) mass is 275 g/mol. The number of unbranched alkanes of at least 4 members (excludes halogenated alkanes) is 1. The predicted molar refractivity (Wildman–Crippen MR) is 84.9 cm³/mol. The van der Waals surface area contributed by atoms with Gasteiger partial charge in [0.15, 0.2) is 0 Å². The van der Waals surface area contributed by atoms with Gasteiger partial charge in [-0.2, -0.15) is 0 Å². The van der Waals surface area contributed by atoms with Gasteiger partial charge >= 0.3 is 0 Å². The third-order valence-electron chi connectivity index (χ3n) is 3.35. The van der Waals surface area contributed by atoms with Crippen LogP contribution in [0.4, 0.5) is 0 Å². The lowest BCUT2D eigenvalue weighted by Gasteiger charge is -2.17. The molecule has 0 radical (unpaired) electrons. The second kappa shape index (κ2) is 8.73.